The zero-order valence-corrected chi connectivity index (χ0v) is 17.0. The molecule has 2 aromatic carbocycles. The predicted octanol–water partition coefficient (Wildman–Crippen LogP) is 1.92. The molecule has 11 nitrogen and oxygen atoms in total. The molecule has 0 unspecified atom stereocenters. The molecule has 0 aromatic heterocycles. The number of nitro groups is 1. The van der Waals surface area contributed by atoms with Crippen LogP contribution in [-0.4, -0.2) is 48.9 Å². The maximum absolute atomic E-state index is 12.3. The Balaban J connectivity index is 1.53. The summed E-state index contributed by atoms with van der Waals surface area (Å²) in [5.41, 5.74) is 0.844. The summed E-state index contributed by atoms with van der Waals surface area (Å²) < 4.78 is 9.64. The first kappa shape index (κ1) is 22.4. The average molecular weight is 441 g/mol. The number of rotatable bonds is 7. The summed E-state index contributed by atoms with van der Waals surface area (Å²) in [6, 6.07) is 11.5. The molecule has 1 heterocycles. The number of hydrogen-bond donors (Lipinski definition) is 1. The van der Waals surface area contributed by atoms with Gasteiger partial charge in [0.05, 0.1) is 23.5 Å². The molecule has 2 aromatic rings. The molecule has 0 bridgehead atoms. The van der Waals surface area contributed by atoms with Gasteiger partial charge in [-0.25, -0.2) is 4.79 Å². The van der Waals surface area contributed by atoms with Crippen LogP contribution in [0.3, 0.4) is 0 Å². The van der Waals surface area contributed by atoms with Crippen molar-refractivity contribution in [3.8, 4) is 0 Å². The second kappa shape index (κ2) is 9.69. The third-order valence-electron chi connectivity index (χ3n) is 4.74. The molecular formula is C21H19N3O8. The molecule has 1 aliphatic heterocycles. The molecule has 166 valence electrons. The number of nitro benzene ring substituents is 1. The first-order chi connectivity index (χ1) is 15.3. The van der Waals surface area contributed by atoms with E-state index in [0.29, 0.717) is 11.3 Å². The lowest BCUT2D eigenvalue weighted by molar-refractivity contribution is -0.384. The average Bonchev–Trinajstić information content (AvgIpc) is 3.18. The number of esters is 2. The molecule has 1 atom stereocenters. The molecule has 0 aliphatic carbocycles. The molecule has 0 saturated carbocycles. The maximum atomic E-state index is 12.3. The number of methoxy groups -OCH3 is 1. The highest BCUT2D eigenvalue weighted by Gasteiger charge is 2.36. The van der Waals surface area contributed by atoms with E-state index in [9.17, 15) is 29.3 Å². The maximum Gasteiger partial charge on any atom is 0.337 e. The van der Waals surface area contributed by atoms with Crippen LogP contribution in [0.15, 0.2) is 48.5 Å². The van der Waals surface area contributed by atoms with Gasteiger partial charge < -0.3 is 19.7 Å². The summed E-state index contributed by atoms with van der Waals surface area (Å²) in [6.45, 7) is -0.526. The van der Waals surface area contributed by atoms with Gasteiger partial charge in [-0.3, -0.25) is 24.5 Å². The van der Waals surface area contributed by atoms with E-state index in [0.717, 1.165) is 0 Å². The highest BCUT2D eigenvalue weighted by molar-refractivity contribution is 6.00. The molecule has 1 saturated heterocycles. The third-order valence-corrected chi connectivity index (χ3v) is 4.74. The van der Waals surface area contributed by atoms with Gasteiger partial charge in [0.15, 0.2) is 6.61 Å². The van der Waals surface area contributed by atoms with E-state index in [1.807, 2.05) is 0 Å². The molecular weight excluding hydrogens is 422 g/mol. The van der Waals surface area contributed by atoms with Crippen LogP contribution in [0.2, 0.25) is 0 Å². The van der Waals surface area contributed by atoms with Gasteiger partial charge in [-0.05, 0) is 30.3 Å². The summed E-state index contributed by atoms with van der Waals surface area (Å²) in [4.78, 5) is 59.7. The largest absolute Gasteiger partial charge is 0.465 e. The molecule has 0 spiro atoms. The minimum Gasteiger partial charge on any atom is -0.465 e. The van der Waals surface area contributed by atoms with Gasteiger partial charge in [-0.1, -0.05) is 6.07 Å². The van der Waals surface area contributed by atoms with Crippen LogP contribution in [-0.2, 0) is 23.9 Å². The lowest BCUT2D eigenvalue weighted by Crippen LogP contribution is -2.28. The Labute approximate surface area is 182 Å². The molecule has 32 heavy (non-hydrogen) atoms. The monoisotopic (exact) mass is 441 g/mol. The van der Waals surface area contributed by atoms with Gasteiger partial charge in [0, 0.05) is 36.5 Å². The van der Waals surface area contributed by atoms with Crippen molar-refractivity contribution in [1.29, 1.82) is 0 Å². The van der Waals surface area contributed by atoms with Gasteiger partial charge in [-0.2, -0.15) is 0 Å². The van der Waals surface area contributed by atoms with Crippen LogP contribution in [0.25, 0.3) is 0 Å². The number of nitrogens with one attached hydrogen (secondary N) is 1. The number of anilines is 2. The van der Waals surface area contributed by atoms with Crippen molar-refractivity contribution < 1.29 is 33.6 Å². The van der Waals surface area contributed by atoms with Gasteiger partial charge in [0.2, 0.25) is 5.91 Å². The normalized spacial score (nSPS) is 15.2. The van der Waals surface area contributed by atoms with Gasteiger partial charge in [-0.15, -0.1) is 0 Å². The van der Waals surface area contributed by atoms with E-state index in [2.05, 4.69) is 10.1 Å². The Morgan fingerprint density at radius 1 is 1.19 bits per heavy atom. The Morgan fingerprint density at radius 2 is 1.91 bits per heavy atom. The topological polar surface area (TPSA) is 145 Å². The quantitative estimate of drug-likeness (QED) is 0.390. The van der Waals surface area contributed by atoms with Crippen molar-refractivity contribution >= 4 is 40.8 Å². The van der Waals surface area contributed by atoms with Crippen molar-refractivity contribution in [3.63, 3.8) is 0 Å². The van der Waals surface area contributed by atoms with Gasteiger partial charge in [0.1, 0.15) is 0 Å². The summed E-state index contributed by atoms with van der Waals surface area (Å²) in [7, 11) is 1.26. The number of nitrogens with zero attached hydrogens (tertiary/aromatic N) is 2. The van der Waals surface area contributed by atoms with Crippen molar-refractivity contribution in [2.75, 3.05) is 30.5 Å². The van der Waals surface area contributed by atoms with E-state index in [1.54, 1.807) is 12.1 Å². The predicted molar refractivity (Wildman–Crippen MR) is 111 cm³/mol. The van der Waals surface area contributed by atoms with Crippen LogP contribution in [0.4, 0.5) is 17.1 Å². The molecule has 1 N–H and O–H groups in total. The minimum atomic E-state index is -0.756. The van der Waals surface area contributed by atoms with Gasteiger partial charge >= 0.3 is 11.9 Å². The fourth-order valence-electron chi connectivity index (χ4n) is 3.16. The van der Waals surface area contributed by atoms with E-state index in [-0.39, 0.29) is 30.2 Å². The zero-order chi connectivity index (χ0) is 23.3. The molecule has 1 fully saturated rings. The number of carbonyl (C=O) groups is 4. The smallest absolute Gasteiger partial charge is 0.337 e. The number of carbonyl (C=O) groups excluding carboxylic acids is 4. The summed E-state index contributed by atoms with van der Waals surface area (Å²) in [5, 5.41) is 13.2. The SMILES string of the molecule is COC(=O)c1ccc(N2C[C@H](C(=O)OCC(=O)Nc3cccc([N+](=O)[O-])c3)CC2=O)cc1. The summed E-state index contributed by atoms with van der Waals surface area (Å²) >= 11 is 0. The molecule has 1 aliphatic rings. The Bertz CT molecular complexity index is 1070. The fraction of sp³-hybridized carbons (Fsp3) is 0.238. The number of ether oxygens (including phenoxy) is 2. The van der Waals surface area contributed by atoms with Crippen LogP contribution in [0, 0.1) is 16.0 Å². The molecule has 3 rings (SSSR count). The number of non-ortho nitro benzene ring substituents is 1. The van der Waals surface area contributed by atoms with Crippen molar-refractivity contribution in [1.82, 2.24) is 0 Å². The number of benzene rings is 2. The highest BCUT2D eigenvalue weighted by Crippen LogP contribution is 2.26. The van der Waals surface area contributed by atoms with Gasteiger partial charge in [0.25, 0.3) is 11.6 Å². The summed E-state index contributed by atoms with van der Waals surface area (Å²) in [5.74, 6) is -2.93. The lowest BCUT2D eigenvalue weighted by atomic mass is 10.1. The Morgan fingerprint density at radius 3 is 2.56 bits per heavy atom. The second-order valence-electron chi connectivity index (χ2n) is 6.91. The van der Waals surface area contributed by atoms with Crippen LogP contribution >= 0.6 is 0 Å². The molecule has 0 radical (unpaired) electrons. The zero-order valence-electron chi connectivity index (χ0n) is 17.0. The van der Waals surface area contributed by atoms with E-state index >= 15 is 0 Å². The van der Waals surface area contributed by atoms with Crippen molar-refractivity contribution in [2.45, 2.75) is 6.42 Å². The van der Waals surface area contributed by atoms with E-state index in [1.165, 1.54) is 48.4 Å². The highest BCUT2D eigenvalue weighted by atomic mass is 16.6. The number of hydrogen-bond acceptors (Lipinski definition) is 8. The molecule has 2 amide bonds. The van der Waals surface area contributed by atoms with Crippen LogP contribution in [0.1, 0.15) is 16.8 Å². The fourth-order valence-corrected chi connectivity index (χ4v) is 3.16. The standard InChI is InChI=1S/C21H19N3O8/c1-31-20(27)13-5-7-16(8-6-13)23-11-14(9-19(23)26)21(28)32-12-18(25)22-15-3-2-4-17(10-15)24(29)30/h2-8,10,14H,9,11-12H2,1H3,(H,22,25)/t14-/m1/s1. The lowest BCUT2D eigenvalue weighted by Gasteiger charge is -2.16. The summed E-state index contributed by atoms with van der Waals surface area (Å²) in [6.07, 6.45) is -0.0793. The minimum absolute atomic E-state index is 0.0712. The second-order valence-corrected chi connectivity index (χ2v) is 6.91. The van der Waals surface area contributed by atoms with E-state index in [4.69, 9.17) is 4.74 Å². The van der Waals surface area contributed by atoms with E-state index < -0.39 is 35.3 Å². The number of amides is 2. The first-order valence-electron chi connectivity index (χ1n) is 9.48. The van der Waals surface area contributed by atoms with Crippen LogP contribution < -0.4 is 10.2 Å². The Hall–Kier alpha value is -4.28. The van der Waals surface area contributed by atoms with Crippen molar-refractivity contribution in [2.24, 2.45) is 5.92 Å². The van der Waals surface area contributed by atoms with Crippen LogP contribution in [0.5, 0.6) is 0 Å². The molecule has 11 heteroatoms. The Kier molecular flexibility index (Phi) is 6.78. The first-order valence-corrected chi connectivity index (χ1v) is 9.48. The van der Waals surface area contributed by atoms with Crippen molar-refractivity contribution in [3.05, 3.63) is 64.2 Å². The third kappa shape index (κ3) is 5.25.